The van der Waals surface area contributed by atoms with Crippen molar-refractivity contribution in [2.75, 3.05) is 12.8 Å². The van der Waals surface area contributed by atoms with E-state index >= 15 is 0 Å². The predicted octanol–water partition coefficient (Wildman–Crippen LogP) is 1.80. The third-order valence-electron chi connectivity index (χ3n) is 2.72. The summed E-state index contributed by atoms with van der Waals surface area (Å²) in [5.74, 6) is -0.665. The van der Waals surface area contributed by atoms with Gasteiger partial charge in [-0.1, -0.05) is 0 Å². The zero-order chi connectivity index (χ0) is 16.9. The Kier molecular flexibility index (Phi) is 5.62. The van der Waals surface area contributed by atoms with E-state index in [2.05, 4.69) is 5.32 Å². The highest BCUT2D eigenvalue weighted by atomic mass is 16.6. The molecule has 0 aliphatic carbocycles. The molecule has 0 unspecified atom stereocenters. The van der Waals surface area contributed by atoms with Gasteiger partial charge in [-0.05, 0) is 44.5 Å². The Bertz CT molecular complexity index is 551. The average molecular weight is 310 g/mol. The average Bonchev–Trinajstić information content (AvgIpc) is 2.35. The first kappa shape index (κ1) is 17.6. The number of nitrogens with one attached hydrogen (secondary N) is 1. The number of nitrogen functional groups attached to an aromatic ring is 1. The van der Waals surface area contributed by atoms with Gasteiger partial charge in [-0.2, -0.15) is 0 Å². The van der Waals surface area contributed by atoms with E-state index in [1.807, 2.05) is 0 Å². The summed E-state index contributed by atoms with van der Waals surface area (Å²) in [6.07, 6.45) is -0.759. The fourth-order valence-electron chi connectivity index (χ4n) is 1.83. The van der Waals surface area contributed by atoms with Crippen molar-refractivity contribution in [3.05, 3.63) is 23.8 Å². The Balaban J connectivity index is 2.87. The summed E-state index contributed by atoms with van der Waals surface area (Å²) in [6, 6.07) is 3.77. The van der Waals surface area contributed by atoms with Gasteiger partial charge in [0.2, 0.25) is 0 Å². The molecule has 0 heterocycles. The maximum Gasteiger partial charge on any atom is 0.408 e. The number of rotatable bonds is 5. The second-order valence-corrected chi connectivity index (χ2v) is 5.81. The van der Waals surface area contributed by atoms with E-state index in [-0.39, 0.29) is 6.42 Å². The van der Waals surface area contributed by atoms with Crippen LogP contribution in [0.25, 0.3) is 0 Å². The number of alkyl carbamates (subject to hydrolysis) is 1. The minimum Gasteiger partial charge on any atom is -0.496 e. The molecule has 0 bridgehead atoms. The number of anilines is 1. The number of amides is 1. The predicted molar refractivity (Wildman–Crippen MR) is 81.9 cm³/mol. The van der Waals surface area contributed by atoms with Crippen LogP contribution in [-0.2, 0) is 16.0 Å². The van der Waals surface area contributed by atoms with E-state index in [9.17, 15) is 14.7 Å². The van der Waals surface area contributed by atoms with Crippen molar-refractivity contribution in [3.8, 4) is 5.75 Å². The van der Waals surface area contributed by atoms with E-state index in [4.69, 9.17) is 15.2 Å². The molecule has 0 aliphatic rings. The van der Waals surface area contributed by atoms with Crippen LogP contribution in [0.4, 0.5) is 10.5 Å². The van der Waals surface area contributed by atoms with Gasteiger partial charge in [-0.3, -0.25) is 0 Å². The van der Waals surface area contributed by atoms with Gasteiger partial charge in [0, 0.05) is 12.1 Å². The number of hydrogen-bond donors (Lipinski definition) is 3. The largest absolute Gasteiger partial charge is 0.496 e. The summed E-state index contributed by atoms with van der Waals surface area (Å²) >= 11 is 0. The van der Waals surface area contributed by atoms with Crippen LogP contribution in [0.2, 0.25) is 0 Å². The Hall–Kier alpha value is -2.44. The SMILES string of the molecule is COc1ccc(N)cc1C[C@H](NC(=O)OC(C)(C)C)C(=O)O. The molecule has 1 rings (SSSR count). The number of hydrogen-bond acceptors (Lipinski definition) is 5. The number of carbonyl (C=O) groups is 2. The molecule has 0 saturated carbocycles. The summed E-state index contributed by atoms with van der Waals surface area (Å²) in [5.41, 5.74) is 6.07. The van der Waals surface area contributed by atoms with Gasteiger partial charge in [0.1, 0.15) is 17.4 Å². The second kappa shape index (κ2) is 7.02. The lowest BCUT2D eigenvalue weighted by Gasteiger charge is -2.22. The molecular formula is C15H22N2O5. The molecule has 0 aromatic heterocycles. The van der Waals surface area contributed by atoms with Gasteiger partial charge in [0.05, 0.1) is 7.11 Å². The maximum atomic E-state index is 11.7. The van der Waals surface area contributed by atoms with Gasteiger partial charge in [0.25, 0.3) is 0 Å². The number of aliphatic carboxylic acids is 1. The number of methoxy groups -OCH3 is 1. The molecule has 1 amide bonds. The molecule has 1 aromatic carbocycles. The van der Waals surface area contributed by atoms with E-state index < -0.39 is 23.7 Å². The van der Waals surface area contributed by atoms with Crippen molar-refractivity contribution in [1.82, 2.24) is 5.32 Å². The molecule has 122 valence electrons. The van der Waals surface area contributed by atoms with Crippen molar-refractivity contribution >= 4 is 17.7 Å². The summed E-state index contributed by atoms with van der Waals surface area (Å²) in [5, 5.41) is 11.6. The monoisotopic (exact) mass is 310 g/mol. The number of nitrogens with two attached hydrogens (primary N) is 1. The van der Waals surface area contributed by atoms with Gasteiger partial charge >= 0.3 is 12.1 Å². The number of carboxylic acid groups (broad SMARTS) is 1. The first-order valence-electron chi connectivity index (χ1n) is 6.77. The van der Waals surface area contributed by atoms with E-state index in [0.29, 0.717) is 17.0 Å². The number of carbonyl (C=O) groups excluding carboxylic acids is 1. The Morgan fingerprint density at radius 2 is 2.00 bits per heavy atom. The first-order valence-corrected chi connectivity index (χ1v) is 6.77. The number of benzene rings is 1. The zero-order valence-corrected chi connectivity index (χ0v) is 13.2. The molecular weight excluding hydrogens is 288 g/mol. The molecule has 0 fully saturated rings. The highest BCUT2D eigenvalue weighted by Crippen LogP contribution is 2.22. The lowest BCUT2D eigenvalue weighted by atomic mass is 10.0. The molecule has 7 heteroatoms. The van der Waals surface area contributed by atoms with Gasteiger partial charge < -0.3 is 25.6 Å². The summed E-state index contributed by atoms with van der Waals surface area (Å²) < 4.78 is 10.2. The van der Waals surface area contributed by atoms with Crippen molar-refractivity contribution in [3.63, 3.8) is 0 Å². The topological polar surface area (TPSA) is 111 Å². The molecule has 0 aliphatic heterocycles. The molecule has 0 spiro atoms. The number of carboxylic acids is 1. The summed E-state index contributed by atoms with van der Waals surface area (Å²) in [6.45, 7) is 5.09. The smallest absolute Gasteiger partial charge is 0.408 e. The van der Waals surface area contributed by atoms with E-state index in [0.717, 1.165) is 0 Å². The minimum absolute atomic E-state index is 0.0305. The Morgan fingerprint density at radius 3 is 2.50 bits per heavy atom. The third-order valence-corrected chi connectivity index (χ3v) is 2.72. The van der Waals surface area contributed by atoms with Crippen LogP contribution < -0.4 is 15.8 Å². The quantitative estimate of drug-likeness (QED) is 0.715. The molecule has 22 heavy (non-hydrogen) atoms. The molecule has 7 nitrogen and oxygen atoms in total. The highest BCUT2D eigenvalue weighted by molar-refractivity contribution is 5.80. The molecule has 0 radical (unpaired) electrons. The minimum atomic E-state index is -1.17. The van der Waals surface area contributed by atoms with Crippen LogP contribution in [0.3, 0.4) is 0 Å². The molecule has 1 aromatic rings. The second-order valence-electron chi connectivity index (χ2n) is 5.81. The first-order chi connectivity index (χ1) is 10.1. The van der Waals surface area contributed by atoms with Crippen molar-refractivity contribution < 1.29 is 24.2 Å². The fourth-order valence-corrected chi connectivity index (χ4v) is 1.83. The molecule has 1 atom stereocenters. The van der Waals surface area contributed by atoms with Crippen LogP contribution in [0.15, 0.2) is 18.2 Å². The fraction of sp³-hybridized carbons (Fsp3) is 0.467. The van der Waals surface area contributed by atoms with Crippen LogP contribution in [0, 0.1) is 0 Å². The number of ether oxygens (including phenoxy) is 2. The molecule has 0 saturated heterocycles. The summed E-state index contributed by atoms with van der Waals surface area (Å²) in [7, 11) is 1.48. The van der Waals surface area contributed by atoms with Crippen LogP contribution in [0.5, 0.6) is 5.75 Å². The maximum absolute atomic E-state index is 11.7. The van der Waals surface area contributed by atoms with E-state index in [1.165, 1.54) is 7.11 Å². The van der Waals surface area contributed by atoms with E-state index in [1.54, 1.807) is 39.0 Å². The normalized spacial score (nSPS) is 12.4. The lowest BCUT2D eigenvalue weighted by molar-refractivity contribution is -0.139. The standard InChI is InChI=1S/C15H22N2O5/c1-15(2,3)22-14(20)17-11(13(18)19)8-9-7-10(16)5-6-12(9)21-4/h5-7,11H,8,16H2,1-4H3,(H,17,20)(H,18,19)/t11-/m0/s1. The lowest BCUT2D eigenvalue weighted by Crippen LogP contribution is -2.44. The van der Waals surface area contributed by atoms with Crippen LogP contribution in [-0.4, -0.2) is 35.9 Å². The Labute approximate surface area is 129 Å². The molecule has 4 N–H and O–H groups in total. The van der Waals surface area contributed by atoms with Gasteiger partial charge in [-0.25, -0.2) is 9.59 Å². The van der Waals surface area contributed by atoms with Crippen LogP contribution in [0.1, 0.15) is 26.3 Å². The van der Waals surface area contributed by atoms with Crippen LogP contribution >= 0.6 is 0 Å². The zero-order valence-electron chi connectivity index (χ0n) is 13.2. The third kappa shape index (κ3) is 5.51. The Morgan fingerprint density at radius 1 is 1.36 bits per heavy atom. The van der Waals surface area contributed by atoms with Crippen molar-refractivity contribution in [2.45, 2.75) is 38.8 Å². The van der Waals surface area contributed by atoms with Crippen molar-refractivity contribution in [1.29, 1.82) is 0 Å². The highest BCUT2D eigenvalue weighted by Gasteiger charge is 2.25. The van der Waals surface area contributed by atoms with Crippen molar-refractivity contribution in [2.24, 2.45) is 0 Å². The van der Waals surface area contributed by atoms with Gasteiger partial charge in [-0.15, -0.1) is 0 Å². The summed E-state index contributed by atoms with van der Waals surface area (Å²) in [4.78, 5) is 23.1. The van der Waals surface area contributed by atoms with Gasteiger partial charge in [0.15, 0.2) is 0 Å².